The van der Waals surface area contributed by atoms with Gasteiger partial charge in [-0.05, 0) is 37.1 Å². The Morgan fingerprint density at radius 3 is 2.61 bits per heavy atom. The Morgan fingerprint density at radius 2 is 2.00 bits per heavy atom. The second-order valence-corrected chi connectivity index (χ2v) is 6.47. The Kier molecular flexibility index (Phi) is 7.56. The average Bonchev–Trinajstić information content (AvgIpc) is 3.23. The topological polar surface area (TPSA) is 103 Å². The lowest BCUT2D eigenvalue weighted by Gasteiger charge is -2.31. The Morgan fingerprint density at radius 1 is 1.14 bits per heavy atom. The minimum atomic E-state index is 0. The summed E-state index contributed by atoms with van der Waals surface area (Å²) < 4.78 is 0. The Hall–Kier alpha value is -2.42. The van der Waals surface area contributed by atoms with Crippen molar-refractivity contribution in [3.8, 4) is 28.1 Å². The van der Waals surface area contributed by atoms with Crippen LogP contribution < -0.4 is 10.2 Å². The number of piperidine rings is 1. The van der Waals surface area contributed by atoms with Crippen molar-refractivity contribution in [2.75, 3.05) is 25.0 Å². The molecule has 150 valence electrons. The Labute approximate surface area is 175 Å². The first-order valence-corrected chi connectivity index (χ1v) is 8.68. The predicted octanol–water partition coefficient (Wildman–Crippen LogP) is 2.67. The minimum Gasteiger partial charge on any atom is -0.507 e. The first kappa shape index (κ1) is 21.9. The maximum absolute atomic E-state index is 10.4. The van der Waals surface area contributed by atoms with Crippen LogP contribution in [0.15, 0.2) is 36.8 Å². The third-order valence-corrected chi connectivity index (χ3v) is 4.79. The van der Waals surface area contributed by atoms with Crippen LogP contribution in [-0.4, -0.2) is 56.7 Å². The highest BCUT2D eigenvalue weighted by Gasteiger charge is 2.20. The number of phenolic OH excluding ortho intramolecular Hbond substituents is 1. The molecule has 0 saturated carbocycles. The lowest BCUT2D eigenvalue weighted by atomic mass is 10.0. The van der Waals surface area contributed by atoms with Crippen LogP contribution in [0.25, 0.3) is 22.4 Å². The van der Waals surface area contributed by atoms with E-state index in [1.807, 2.05) is 19.2 Å². The average molecular weight is 424 g/mol. The zero-order valence-corrected chi connectivity index (χ0v) is 17.0. The Balaban J connectivity index is 0.00000140. The maximum Gasteiger partial charge on any atom is 0.245 e. The molecule has 1 saturated heterocycles. The SMILES string of the molecule is CN(c1ncc(-c2ccc(-c3cn[nH]c3)cc2O)nn1)C1CCCNC1.Cl.Cl. The molecular weight excluding hydrogens is 401 g/mol. The van der Waals surface area contributed by atoms with Crippen LogP contribution in [0.1, 0.15) is 12.8 Å². The van der Waals surface area contributed by atoms with Gasteiger partial charge in [0, 0.05) is 37.0 Å². The highest BCUT2D eigenvalue weighted by atomic mass is 35.5. The highest BCUT2D eigenvalue weighted by molar-refractivity contribution is 5.85. The molecule has 3 N–H and O–H groups in total. The molecule has 0 aliphatic carbocycles. The number of H-pyrrole nitrogens is 1. The van der Waals surface area contributed by atoms with E-state index in [-0.39, 0.29) is 30.6 Å². The van der Waals surface area contributed by atoms with Crippen molar-refractivity contribution in [1.29, 1.82) is 0 Å². The fourth-order valence-electron chi connectivity index (χ4n) is 3.22. The van der Waals surface area contributed by atoms with Crippen LogP contribution in [0.3, 0.4) is 0 Å². The van der Waals surface area contributed by atoms with Crippen molar-refractivity contribution in [1.82, 2.24) is 30.7 Å². The molecule has 28 heavy (non-hydrogen) atoms. The van der Waals surface area contributed by atoms with Gasteiger partial charge in [0.1, 0.15) is 11.4 Å². The van der Waals surface area contributed by atoms with E-state index < -0.39 is 0 Å². The van der Waals surface area contributed by atoms with Gasteiger partial charge in [-0.1, -0.05) is 6.07 Å². The first-order chi connectivity index (χ1) is 12.7. The van der Waals surface area contributed by atoms with Crippen LogP contribution >= 0.6 is 24.8 Å². The lowest BCUT2D eigenvalue weighted by Crippen LogP contribution is -2.44. The van der Waals surface area contributed by atoms with Crippen LogP contribution in [-0.2, 0) is 0 Å². The monoisotopic (exact) mass is 423 g/mol. The molecule has 3 aromatic rings. The molecule has 1 atom stereocenters. The van der Waals surface area contributed by atoms with Gasteiger partial charge in [0.25, 0.3) is 0 Å². The number of aromatic nitrogens is 5. The van der Waals surface area contributed by atoms with E-state index >= 15 is 0 Å². The van der Waals surface area contributed by atoms with Gasteiger partial charge < -0.3 is 15.3 Å². The quantitative estimate of drug-likeness (QED) is 0.592. The van der Waals surface area contributed by atoms with Crippen molar-refractivity contribution >= 4 is 30.8 Å². The zero-order chi connectivity index (χ0) is 17.9. The first-order valence-electron chi connectivity index (χ1n) is 8.68. The van der Waals surface area contributed by atoms with Gasteiger partial charge in [0.15, 0.2) is 0 Å². The summed E-state index contributed by atoms with van der Waals surface area (Å²) in [6, 6.07) is 5.79. The summed E-state index contributed by atoms with van der Waals surface area (Å²) in [4.78, 5) is 6.50. The summed E-state index contributed by atoms with van der Waals surface area (Å²) in [6.45, 7) is 1.99. The van der Waals surface area contributed by atoms with Crippen molar-refractivity contribution < 1.29 is 5.11 Å². The van der Waals surface area contributed by atoms with Gasteiger partial charge in [-0.2, -0.15) is 5.10 Å². The van der Waals surface area contributed by atoms with Crippen LogP contribution in [0.2, 0.25) is 0 Å². The lowest BCUT2D eigenvalue weighted by molar-refractivity contribution is 0.440. The third-order valence-electron chi connectivity index (χ3n) is 4.79. The summed E-state index contributed by atoms with van der Waals surface area (Å²) >= 11 is 0. The molecular formula is C18H23Cl2N7O. The molecule has 8 nitrogen and oxygen atoms in total. The standard InChI is InChI=1S/C18H21N7O.2ClH/c1-25(14-3-2-6-19-10-14)18-20-11-16(23-24-18)15-5-4-12(7-17(15)26)13-8-21-22-9-13;;/h4-5,7-9,11,14,19,26H,2-3,6,10H2,1H3,(H,21,22);2*1H. The normalized spacial score (nSPS) is 16.0. The van der Waals surface area contributed by atoms with E-state index in [2.05, 4.69) is 35.6 Å². The number of phenols is 1. The van der Waals surface area contributed by atoms with Crippen molar-refractivity contribution in [3.05, 3.63) is 36.8 Å². The Bertz CT molecular complexity index is 868. The molecule has 1 aromatic carbocycles. The number of nitrogens with one attached hydrogen (secondary N) is 2. The number of hydrogen-bond donors (Lipinski definition) is 3. The molecule has 0 spiro atoms. The number of aromatic hydroxyl groups is 1. The molecule has 0 amide bonds. The van der Waals surface area contributed by atoms with E-state index in [0.717, 1.165) is 37.1 Å². The van der Waals surface area contributed by atoms with Crippen LogP contribution in [0.5, 0.6) is 5.75 Å². The fraction of sp³-hybridized carbons (Fsp3) is 0.333. The summed E-state index contributed by atoms with van der Waals surface area (Å²) in [5.41, 5.74) is 2.93. The van der Waals surface area contributed by atoms with Gasteiger partial charge in [0.05, 0.1) is 12.4 Å². The van der Waals surface area contributed by atoms with Crippen LogP contribution in [0.4, 0.5) is 5.95 Å². The number of nitrogens with zero attached hydrogens (tertiary/aromatic N) is 5. The van der Waals surface area contributed by atoms with Gasteiger partial charge >= 0.3 is 0 Å². The predicted molar refractivity (Wildman–Crippen MR) is 113 cm³/mol. The molecule has 3 heterocycles. The summed E-state index contributed by atoms with van der Waals surface area (Å²) in [5.74, 6) is 0.731. The number of aromatic amines is 1. The number of hydrogen-bond acceptors (Lipinski definition) is 7. The molecule has 2 aromatic heterocycles. The molecule has 1 fully saturated rings. The molecule has 4 rings (SSSR count). The number of likely N-dealkylation sites (N-methyl/N-ethyl adjacent to an activating group) is 1. The van der Waals surface area contributed by atoms with E-state index in [9.17, 15) is 5.11 Å². The largest absolute Gasteiger partial charge is 0.507 e. The highest BCUT2D eigenvalue weighted by Crippen LogP contribution is 2.31. The second-order valence-electron chi connectivity index (χ2n) is 6.47. The summed E-state index contributed by atoms with van der Waals surface area (Å²) in [5, 5.41) is 29.0. The van der Waals surface area contributed by atoms with Crippen molar-refractivity contribution in [3.63, 3.8) is 0 Å². The molecule has 0 bridgehead atoms. The smallest absolute Gasteiger partial charge is 0.245 e. The van der Waals surface area contributed by atoms with Gasteiger partial charge in [-0.25, -0.2) is 4.98 Å². The van der Waals surface area contributed by atoms with E-state index in [1.165, 1.54) is 0 Å². The molecule has 1 aliphatic rings. The zero-order valence-electron chi connectivity index (χ0n) is 15.4. The van der Waals surface area contributed by atoms with E-state index in [4.69, 9.17) is 0 Å². The summed E-state index contributed by atoms with van der Waals surface area (Å²) in [7, 11) is 1.99. The number of rotatable bonds is 4. The van der Waals surface area contributed by atoms with Gasteiger partial charge in [-0.15, -0.1) is 35.0 Å². The van der Waals surface area contributed by atoms with Gasteiger partial charge in [0.2, 0.25) is 5.95 Å². The third kappa shape index (κ3) is 4.52. The van der Waals surface area contributed by atoms with Crippen molar-refractivity contribution in [2.45, 2.75) is 18.9 Å². The number of benzene rings is 1. The molecule has 10 heteroatoms. The molecule has 1 unspecified atom stereocenters. The fourth-order valence-corrected chi connectivity index (χ4v) is 3.22. The number of halogens is 2. The summed E-state index contributed by atoms with van der Waals surface area (Å²) in [6.07, 6.45) is 7.41. The molecule has 0 radical (unpaired) electrons. The second kappa shape index (κ2) is 9.68. The van der Waals surface area contributed by atoms with Crippen molar-refractivity contribution in [2.24, 2.45) is 0 Å². The van der Waals surface area contributed by atoms with Gasteiger partial charge in [-0.3, -0.25) is 5.10 Å². The van der Waals surface area contributed by atoms with E-state index in [1.54, 1.807) is 24.7 Å². The van der Waals surface area contributed by atoms with E-state index in [0.29, 0.717) is 23.2 Å². The molecule has 1 aliphatic heterocycles. The van der Waals surface area contributed by atoms with Crippen LogP contribution in [0, 0.1) is 0 Å². The minimum absolute atomic E-state index is 0. The number of anilines is 1. The maximum atomic E-state index is 10.4.